The summed E-state index contributed by atoms with van der Waals surface area (Å²) in [5, 5.41) is 55.7. The molecule has 10 rings (SSSR count). The summed E-state index contributed by atoms with van der Waals surface area (Å²) in [4.78, 5) is 3.82. The average Bonchev–Trinajstić information content (AvgIpc) is 3.44. The Morgan fingerprint density at radius 1 is 0.222 bits per heavy atom. The molecule has 72 heavy (non-hydrogen) atoms. The third-order valence-electron chi connectivity index (χ3n) is 14.1. The van der Waals surface area contributed by atoms with Gasteiger partial charge in [0.25, 0.3) is 0 Å². The number of benzene rings is 10. The van der Waals surface area contributed by atoms with Crippen molar-refractivity contribution in [3.05, 3.63) is 206 Å². The fraction of sp³-hybridized carbons (Fsp3) is 0. The molecule has 10 aromatic rings. The Bertz CT molecular complexity index is 3320. The number of hydrogen-bond donors (Lipinski definition) is 5. The lowest BCUT2D eigenvalue weighted by Crippen LogP contribution is -2.48. The van der Waals surface area contributed by atoms with Gasteiger partial charge in [-0.25, -0.2) is 0 Å². The number of phenolic OH excluding ortho intramolecular Hbond substituents is 5. The van der Waals surface area contributed by atoms with Crippen LogP contribution in [0.3, 0.4) is 0 Å². The molecule has 0 bridgehead atoms. The van der Waals surface area contributed by atoms with Crippen LogP contribution in [0.4, 0.5) is 34.1 Å². The number of nitrogens with zero attached hydrogens (tertiary/aromatic N) is 2. The molecule has 0 saturated carbocycles. The summed E-state index contributed by atoms with van der Waals surface area (Å²) in [7, 11) is 9.73. The molecule has 0 spiro atoms. The summed E-state index contributed by atoms with van der Waals surface area (Å²) in [5.74, 6) is -2.04. The van der Waals surface area contributed by atoms with Gasteiger partial charge in [-0.15, -0.1) is 0 Å². The van der Waals surface area contributed by atoms with Gasteiger partial charge in [-0.2, -0.15) is 0 Å². The molecule has 0 aliphatic carbocycles. The highest BCUT2D eigenvalue weighted by Gasteiger charge is 2.28. The van der Waals surface area contributed by atoms with Crippen molar-refractivity contribution in [2.24, 2.45) is 0 Å². The zero-order chi connectivity index (χ0) is 50.2. The molecular weight excluding hydrogens is 883 g/mol. The molecule has 0 radical (unpaired) electrons. The van der Waals surface area contributed by atoms with Crippen molar-refractivity contribution >= 4 is 101 Å². The molecule has 0 unspecified atom stereocenters. The first kappa shape index (κ1) is 46.8. The summed E-state index contributed by atoms with van der Waals surface area (Å²) in [6.07, 6.45) is 0. The van der Waals surface area contributed by atoms with E-state index in [4.69, 9.17) is 0 Å². The molecule has 10 aromatic carbocycles. The molecule has 0 atom stereocenters. The minimum Gasteiger partial charge on any atom is -0.506 e. The lowest BCUT2D eigenvalue weighted by molar-refractivity contribution is 0.365. The standard InChI is InChI=1S/C60H49B5N2O5/c61-49-50(62)52(64)56(68)54(51(49)63)66(45-25-17-37(18-26-45)35-9-3-1-4-10-35)46-29-21-39(22-30-46)41-13-7-15-43(33-41)44-16-8-14-42(34-44)40-23-31-48(32-24-40)67(55-57(69)53(65)58(70)60(72)59(55)71)47-27-19-38(20-28-47)36-11-5-2-6-12-36/h1-34,68-72H,61-65H2. The van der Waals surface area contributed by atoms with Crippen LogP contribution in [-0.4, -0.2) is 64.8 Å². The third kappa shape index (κ3) is 8.73. The van der Waals surface area contributed by atoms with E-state index >= 15 is 0 Å². The van der Waals surface area contributed by atoms with E-state index in [1.165, 1.54) is 7.85 Å². The number of rotatable bonds is 11. The van der Waals surface area contributed by atoms with Gasteiger partial charge >= 0.3 is 0 Å². The van der Waals surface area contributed by atoms with E-state index in [0.29, 0.717) is 11.4 Å². The molecular formula is C60H49B5N2O5. The van der Waals surface area contributed by atoms with Gasteiger partial charge in [0.05, 0.1) is 5.69 Å². The van der Waals surface area contributed by atoms with Crippen LogP contribution in [0.2, 0.25) is 0 Å². The van der Waals surface area contributed by atoms with E-state index in [1.54, 1.807) is 4.90 Å². The van der Waals surface area contributed by atoms with Crippen LogP contribution in [-0.2, 0) is 0 Å². The predicted molar refractivity (Wildman–Crippen MR) is 312 cm³/mol. The summed E-state index contributed by atoms with van der Waals surface area (Å²) in [6, 6.07) is 69.7. The number of phenols is 5. The van der Waals surface area contributed by atoms with Crippen LogP contribution in [0.1, 0.15) is 0 Å². The van der Waals surface area contributed by atoms with Gasteiger partial charge in [-0.3, -0.25) is 0 Å². The monoisotopic (exact) mass is 932 g/mol. The second-order valence-corrected chi connectivity index (χ2v) is 18.3. The Balaban J connectivity index is 0.956. The zero-order valence-corrected chi connectivity index (χ0v) is 40.8. The van der Waals surface area contributed by atoms with Gasteiger partial charge in [0.15, 0.2) is 11.5 Å². The van der Waals surface area contributed by atoms with Gasteiger partial charge in [-0.05, 0) is 122 Å². The SMILES string of the molecule is Bc1c(B)c(B)c(N(c2ccc(-c3ccccc3)cc2)c2ccc(-c3cccc(-c4cccc(-c5ccc(N(c6ccc(-c7ccccc7)cc6)c6c(O)c(B)c(O)c(O)c6O)cc5)c4)c3)cc2)c(O)c1B. The van der Waals surface area contributed by atoms with Crippen molar-refractivity contribution in [1.82, 2.24) is 0 Å². The van der Waals surface area contributed by atoms with Gasteiger partial charge in [0, 0.05) is 22.7 Å². The van der Waals surface area contributed by atoms with Gasteiger partial charge in [0.1, 0.15) is 56.4 Å². The minimum atomic E-state index is -0.715. The van der Waals surface area contributed by atoms with Gasteiger partial charge < -0.3 is 35.3 Å². The lowest BCUT2D eigenvalue weighted by atomic mass is 9.65. The lowest BCUT2D eigenvalue weighted by Gasteiger charge is -2.31. The molecule has 0 aliphatic heterocycles. The van der Waals surface area contributed by atoms with Crippen molar-refractivity contribution in [2.75, 3.05) is 9.80 Å². The molecule has 0 heterocycles. The van der Waals surface area contributed by atoms with Crippen molar-refractivity contribution < 1.29 is 25.5 Å². The molecule has 0 fully saturated rings. The maximum Gasteiger partial charge on any atom is 0.202 e. The third-order valence-corrected chi connectivity index (χ3v) is 14.1. The highest BCUT2D eigenvalue weighted by atomic mass is 16.3. The van der Waals surface area contributed by atoms with Gasteiger partial charge in [0.2, 0.25) is 5.75 Å². The molecule has 0 saturated heterocycles. The summed E-state index contributed by atoms with van der Waals surface area (Å²) >= 11 is 0. The summed E-state index contributed by atoms with van der Waals surface area (Å²) in [6.45, 7) is 0. The fourth-order valence-electron chi connectivity index (χ4n) is 9.61. The molecule has 7 nitrogen and oxygen atoms in total. The van der Waals surface area contributed by atoms with E-state index in [1.807, 2.05) is 111 Å². The van der Waals surface area contributed by atoms with Crippen LogP contribution in [0.15, 0.2) is 206 Å². The van der Waals surface area contributed by atoms with E-state index in [0.717, 1.165) is 94.5 Å². The van der Waals surface area contributed by atoms with E-state index in [9.17, 15) is 25.5 Å². The number of anilines is 6. The van der Waals surface area contributed by atoms with Crippen molar-refractivity contribution in [3.8, 4) is 84.4 Å². The smallest absolute Gasteiger partial charge is 0.202 e. The fourth-order valence-corrected chi connectivity index (χ4v) is 9.61. The van der Waals surface area contributed by atoms with Crippen LogP contribution in [0.5, 0.6) is 28.7 Å². The Hall–Kier alpha value is -8.88. The number of aromatic hydroxyl groups is 5. The predicted octanol–water partition coefficient (Wildman–Crippen LogP) is 6.78. The maximum absolute atomic E-state index is 11.8. The first-order chi connectivity index (χ1) is 34.9. The molecule has 0 amide bonds. The van der Waals surface area contributed by atoms with E-state index in [-0.39, 0.29) is 22.6 Å². The molecule has 0 aromatic heterocycles. The largest absolute Gasteiger partial charge is 0.506 e. The average molecular weight is 932 g/mol. The van der Waals surface area contributed by atoms with Crippen LogP contribution < -0.4 is 37.1 Å². The Morgan fingerprint density at radius 3 is 0.903 bits per heavy atom. The van der Waals surface area contributed by atoms with Crippen LogP contribution in [0.25, 0.3) is 55.6 Å². The van der Waals surface area contributed by atoms with Gasteiger partial charge in [-0.1, -0.05) is 167 Å². The first-order valence-corrected chi connectivity index (χ1v) is 24.0. The Kier molecular flexibility index (Phi) is 12.7. The summed E-state index contributed by atoms with van der Waals surface area (Å²) < 4.78 is 0. The quantitative estimate of drug-likeness (QED) is 0.0554. The Morgan fingerprint density at radius 2 is 0.514 bits per heavy atom. The number of hydrogen-bond acceptors (Lipinski definition) is 7. The highest BCUT2D eigenvalue weighted by molar-refractivity contribution is 6.64. The maximum atomic E-state index is 11.8. The van der Waals surface area contributed by atoms with Crippen molar-refractivity contribution in [3.63, 3.8) is 0 Å². The van der Waals surface area contributed by atoms with Crippen molar-refractivity contribution in [1.29, 1.82) is 0 Å². The molecule has 5 N–H and O–H groups in total. The van der Waals surface area contributed by atoms with Crippen molar-refractivity contribution in [2.45, 2.75) is 0 Å². The first-order valence-electron chi connectivity index (χ1n) is 24.0. The van der Waals surface area contributed by atoms with Crippen LogP contribution >= 0.6 is 0 Å². The van der Waals surface area contributed by atoms with E-state index < -0.39 is 17.2 Å². The minimum absolute atomic E-state index is 0.0351. The Labute approximate surface area is 424 Å². The zero-order valence-electron chi connectivity index (χ0n) is 40.8. The highest BCUT2D eigenvalue weighted by Crippen LogP contribution is 2.51. The molecule has 0 aliphatic rings. The normalized spacial score (nSPS) is 11.1. The molecule has 344 valence electrons. The van der Waals surface area contributed by atoms with Crippen LogP contribution in [0, 0.1) is 0 Å². The van der Waals surface area contributed by atoms with E-state index in [2.05, 4.69) is 132 Å². The molecule has 12 heteroatoms. The topological polar surface area (TPSA) is 108 Å². The second-order valence-electron chi connectivity index (χ2n) is 18.3. The summed E-state index contributed by atoms with van der Waals surface area (Å²) in [5.41, 5.74) is 18.4. The second kappa shape index (κ2) is 19.5.